The van der Waals surface area contributed by atoms with Crippen LogP contribution in [-0.2, 0) is 6.18 Å². The molecule has 0 unspecified atom stereocenters. The van der Waals surface area contributed by atoms with E-state index in [2.05, 4.69) is 0 Å². The second-order valence-electron chi connectivity index (χ2n) is 5.98. The molecule has 0 atom stereocenters. The predicted molar refractivity (Wildman–Crippen MR) is 80.8 cm³/mol. The summed E-state index contributed by atoms with van der Waals surface area (Å²) in [5.74, 6) is -1.41. The summed E-state index contributed by atoms with van der Waals surface area (Å²) in [6.07, 6.45) is -4.97. The fraction of sp³-hybridized carbons (Fsp3) is 0.375. The number of rotatable bonds is 2. The van der Waals surface area contributed by atoms with Crippen LogP contribution in [0.15, 0.2) is 33.6 Å². The molecular weight excluding hydrogens is 360 g/mol. The summed E-state index contributed by atoms with van der Waals surface area (Å²) in [7, 11) is 0. The van der Waals surface area contributed by atoms with Gasteiger partial charge < -0.3 is 14.5 Å². The summed E-state index contributed by atoms with van der Waals surface area (Å²) in [6, 6.07) is 3.28. The van der Waals surface area contributed by atoms with Gasteiger partial charge in [-0.1, -0.05) is 0 Å². The van der Waals surface area contributed by atoms with E-state index in [0.717, 1.165) is 10.8 Å². The van der Waals surface area contributed by atoms with E-state index in [1.165, 1.54) is 11.0 Å². The molecule has 3 rings (SSSR count). The molecule has 1 aliphatic heterocycles. The minimum absolute atomic E-state index is 0.158. The molecule has 1 aliphatic rings. The number of nitrogens with zero attached hydrogens (tertiary/aromatic N) is 2. The summed E-state index contributed by atoms with van der Waals surface area (Å²) in [4.78, 5) is 24.2. The van der Waals surface area contributed by atoms with Gasteiger partial charge in [-0.2, -0.15) is 13.2 Å². The van der Waals surface area contributed by atoms with Crippen molar-refractivity contribution < 1.29 is 32.0 Å². The minimum atomic E-state index is -4.83. The van der Waals surface area contributed by atoms with Gasteiger partial charge in [0.15, 0.2) is 0 Å². The maximum Gasteiger partial charge on any atom is 0.419 e. The Labute approximate surface area is 144 Å². The summed E-state index contributed by atoms with van der Waals surface area (Å²) >= 11 is 0. The van der Waals surface area contributed by atoms with Crippen LogP contribution in [0.2, 0.25) is 0 Å². The van der Waals surface area contributed by atoms with E-state index in [-0.39, 0.29) is 24.7 Å². The summed E-state index contributed by atoms with van der Waals surface area (Å²) in [5.41, 5.74) is -2.23. The van der Waals surface area contributed by atoms with Crippen LogP contribution < -0.4 is 5.56 Å². The minimum Gasteiger partial charge on any atom is -0.465 e. The third kappa shape index (κ3) is 3.44. The molecule has 0 saturated carbocycles. The number of likely N-dealkylation sites (tertiary alicyclic amines) is 1. The van der Waals surface area contributed by atoms with Crippen molar-refractivity contribution in [3.05, 3.63) is 51.8 Å². The molecule has 26 heavy (non-hydrogen) atoms. The highest BCUT2D eigenvalue weighted by Gasteiger charge is 2.34. The standard InChI is InChI=1S/C16H14F4N2O4/c17-12-7-10(1-2-11(12)16(18,19)20)22-14(23)8-13(26-22)9-3-5-21(6-4-9)15(24)25/h1-2,7-9H,3-6H2,(H,24,25). The van der Waals surface area contributed by atoms with E-state index in [4.69, 9.17) is 9.63 Å². The van der Waals surface area contributed by atoms with Gasteiger partial charge in [-0.05, 0) is 25.0 Å². The first-order valence-corrected chi connectivity index (χ1v) is 7.75. The third-order valence-electron chi connectivity index (χ3n) is 4.32. The Kier molecular flexibility index (Phi) is 4.51. The molecule has 2 aromatic rings. The maximum absolute atomic E-state index is 13.7. The topological polar surface area (TPSA) is 75.7 Å². The van der Waals surface area contributed by atoms with Gasteiger partial charge in [0.25, 0.3) is 5.56 Å². The number of carboxylic acid groups (broad SMARTS) is 1. The van der Waals surface area contributed by atoms with E-state index in [0.29, 0.717) is 30.7 Å². The predicted octanol–water partition coefficient (Wildman–Crippen LogP) is 3.45. The van der Waals surface area contributed by atoms with E-state index in [1.807, 2.05) is 0 Å². The first-order valence-electron chi connectivity index (χ1n) is 7.75. The van der Waals surface area contributed by atoms with Crippen LogP contribution in [-0.4, -0.2) is 33.9 Å². The van der Waals surface area contributed by atoms with Crippen molar-refractivity contribution >= 4 is 6.09 Å². The molecule has 1 N–H and O–H groups in total. The normalized spacial score (nSPS) is 16.1. The first kappa shape index (κ1) is 18.0. The Morgan fingerprint density at radius 3 is 2.38 bits per heavy atom. The highest BCUT2D eigenvalue weighted by atomic mass is 19.4. The first-order chi connectivity index (χ1) is 12.2. The lowest BCUT2D eigenvalue weighted by Gasteiger charge is -2.28. The second-order valence-corrected chi connectivity index (χ2v) is 5.98. The summed E-state index contributed by atoms with van der Waals surface area (Å²) in [6.45, 7) is 0.563. The lowest BCUT2D eigenvalue weighted by Crippen LogP contribution is -2.36. The number of carbonyl (C=O) groups is 1. The van der Waals surface area contributed by atoms with Crippen molar-refractivity contribution in [2.75, 3.05) is 13.1 Å². The number of halogens is 4. The van der Waals surface area contributed by atoms with Gasteiger partial charge in [-0.25, -0.2) is 9.18 Å². The molecule has 1 saturated heterocycles. The Hall–Kier alpha value is -2.78. The quantitative estimate of drug-likeness (QED) is 0.817. The summed E-state index contributed by atoms with van der Waals surface area (Å²) < 4.78 is 57.7. The number of hydrogen-bond donors (Lipinski definition) is 1. The van der Waals surface area contributed by atoms with E-state index >= 15 is 0 Å². The summed E-state index contributed by atoms with van der Waals surface area (Å²) in [5, 5.41) is 8.93. The van der Waals surface area contributed by atoms with E-state index in [1.54, 1.807) is 0 Å². The van der Waals surface area contributed by atoms with Gasteiger partial charge in [0.05, 0.1) is 11.3 Å². The van der Waals surface area contributed by atoms with Gasteiger partial charge in [0, 0.05) is 31.1 Å². The molecule has 10 heteroatoms. The van der Waals surface area contributed by atoms with Crippen LogP contribution >= 0.6 is 0 Å². The SMILES string of the molecule is O=C(O)N1CCC(c2cc(=O)n(-c3ccc(C(F)(F)F)c(F)c3)o2)CC1. The Morgan fingerprint density at radius 2 is 1.85 bits per heavy atom. The van der Waals surface area contributed by atoms with Gasteiger partial charge in [0.2, 0.25) is 0 Å². The van der Waals surface area contributed by atoms with Crippen molar-refractivity contribution in [2.45, 2.75) is 24.9 Å². The molecule has 1 aromatic carbocycles. The highest BCUT2D eigenvalue weighted by molar-refractivity contribution is 5.65. The van der Waals surface area contributed by atoms with Gasteiger partial charge >= 0.3 is 12.3 Å². The Morgan fingerprint density at radius 1 is 1.19 bits per heavy atom. The number of amides is 1. The van der Waals surface area contributed by atoms with Crippen LogP contribution in [0, 0.1) is 5.82 Å². The van der Waals surface area contributed by atoms with Crippen LogP contribution in [0.3, 0.4) is 0 Å². The van der Waals surface area contributed by atoms with E-state index < -0.39 is 29.2 Å². The Balaban J connectivity index is 1.84. The molecule has 0 bridgehead atoms. The Bertz CT molecular complexity index is 879. The number of alkyl halides is 3. The zero-order valence-electron chi connectivity index (χ0n) is 13.3. The lowest BCUT2D eigenvalue weighted by molar-refractivity contribution is -0.140. The molecule has 0 spiro atoms. The molecule has 0 radical (unpaired) electrons. The van der Waals surface area contributed by atoms with Gasteiger partial charge in [0.1, 0.15) is 11.6 Å². The van der Waals surface area contributed by atoms with Crippen molar-refractivity contribution in [1.29, 1.82) is 0 Å². The fourth-order valence-electron chi connectivity index (χ4n) is 2.94. The number of hydrogen-bond acceptors (Lipinski definition) is 3. The molecule has 1 amide bonds. The monoisotopic (exact) mass is 374 g/mol. The van der Waals surface area contributed by atoms with Gasteiger partial charge in [-0.15, -0.1) is 4.74 Å². The average molecular weight is 374 g/mol. The third-order valence-corrected chi connectivity index (χ3v) is 4.32. The number of piperidine rings is 1. The maximum atomic E-state index is 13.7. The molecule has 1 aromatic heterocycles. The van der Waals surface area contributed by atoms with Crippen LogP contribution in [0.1, 0.15) is 30.1 Å². The van der Waals surface area contributed by atoms with E-state index in [9.17, 15) is 27.2 Å². The van der Waals surface area contributed by atoms with Gasteiger partial charge in [-0.3, -0.25) is 4.79 Å². The molecule has 0 aliphatic carbocycles. The fourth-order valence-corrected chi connectivity index (χ4v) is 2.94. The second kappa shape index (κ2) is 6.50. The van der Waals surface area contributed by atoms with Crippen molar-refractivity contribution in [1.82, 2.24) is 9.64 Å². The zero-order chi connectivity index (χ0) is 19.1. The van der Waals surface area contributed by atoms with Crippen LogP contribution in [0.25, 0.3) is 5.69 Å². The highest BCUT2D eigenvalue weighted by Crippen LogP contribution is 2.32. The molecular formula is C16H14F4N2O4. The van der Waals surface area contributed by atoms with Crippen molar-refractivity contribution in [3.8, 4) is 5.69 Å². The van der Waals surface area contributed by atoms with Crippen molar-refractivity contribution in [2.24, 2.45) is 0 Å². The smallest absolute Gasteiger partial charge is 0.419 e. The molecule has 140 valence electrons. The van der Waals surface area contributed by atoms with Crippen LogP contribution in [0.4, 0.5) is 22.4 Å². The number of aromatic nitrogens is 1. The average Bonchev–Trinajstić information content (AvgIpc) is 2.95. The van der Waals surface area contributed by atoms with Crippen molar-refractivity contribution in [3.63, 3.8) is 0 Å². The molecule has 6 nitrogen and oxygen atoms in total. The molecule has 2 heterocycles. The number of benzene rings is 1. The molecule has 1 fully saturated rings. The largest absolute Gasteiger partial charge is 0.465 e. The lowest BCUT2D eigenvalue weighted by atomic mass is 9.95. The zero-order valence-corrected chi connectivity index (χ0v) is 13.3. The van der Waals surface area contributed by atoms with Crippen LogP contribution in [0.5, 0.6) is 0 Å².